The van der Waals surface area contributed by atoms with Crippen LogP contribution < -0.4 is 5.73 Å². The second-order valence-corrected chi connectivity index (χ2v) is 4.35. The molecular weight excluding hydrogens is 253 g/mol. The van der Waals surface area contributed by atoms with Crippen LogP contribution in [0.4, 0.5) is 10.3 Å². The van der Waals surface area contributed by atoms with Gasteiger partial charge in [0.25, 0.3) is 0 Å². The zero-order valence-corrected chi connectivity index (χ0v) is 10.0. The topological polar surface area (TPSA) is 43.8 Å². The van der Waals surface area contributed by atoms with Crippen LogP contribution in [-0.4, -0.2) is 9.55 Å². The SMILES string of the molecule is Nc1nc2ccc(Cl)cc2n1-c1cccc(F)c1. The molecule has 3 rings (SSSR count). The van der Waals surface area contributed by atoms with E-state index in [1.54, 1.807) is 34.9 Å². The van der Waals surface area contributed by atoms with Gasteiger partial charge in [0.05, 0.1) is 16.7 Å². The number of nitrogens with zero attached hydrogens (tertiary/aromatic N) is 2. The normalized spacial score (nSPS) is 11.0. The summed E-state index contributed by atoms with van der Waals surface area (Å²) >= 11 is 5.96. The number of hydrogen-bond acceptors (Lipinski definition) is 2. The maximum absolute atomic E-state index is 13.3. The monoisotopic (exact) mass is 261 g/mol. The first-order valence-electron chi connectivity index (χ1n) is 5.34. The fourth-order valence-corrected chi connectivity index (χ4v) is 2.12. The zero-order valence-electron chi connectivity index (χ0n) is 9.27. The molecule has 0 spiro atoms. The van der Waals surface area contributed by atoms with Crippen molar-refractivity contribution in [2.45, 2.75) is 0 Å². The summed E-state index contributed by atoms with van der Waals surface area (Å²) in [5.74, 6) is -0.0198. The van der Waals surface area contributed by atoms with E-state index >= 15 is 0 Å². The van der Waals surface area contributed by atoms with E-state index in [1.807, 2.05) is 0 Å². The van der Waals surface area contributed by atoms with Crippen molar-refractivity contribution < 1.29 is 4.39 Å². The zero-order chi connectivity index (χ0) is 12.7. The van der Waals surface area contributed by atoms with Gasteiger partial charge >= 0.3 is 0 Å². The van der Waals surface area contributed by atoms with E-state index in [4.69, 9.17) is 17.3 Å². The van der Waals surface area contributed by atoms with Gasteiger partial charge in [-0.25, -0.2) is 9.37 Å². The van der Waals surface area contributed by atoms with E-state index in [1.165, 1.54) is 12.1 Å². The molecule has 0 unspecified atom stereocenters. The molecule has 18 heavy (non-hydrogen) atoms. The lowest BCUT2D eigenvalue weighted by molar-refractivity contribution is 0.627. The number of hydrogen-bond donors (Lipinski definition) is 1. The Bertz CT molecular complexity index is 736. The summed E-state index contributed by atoms with van der Waals surface area (Å²) in [6.45, 7) is 0. The van der Waals surface area contributed by atoms with E-state index in [0.29, 0.717) is 16.7 Å². The average Bonchev–Trinajstić information content (AvgIpc) is 2.64. The predicted molar refractivity (Wildman–Crippen MR) is 70.5 cm³/mol. The molecule has 0 aliphatic rings. The first-order chi connectivity index (χ1) is 8.65. The molecule has 0 bridgehead atoms. The molecule has 0 amide bonds. The summed E-state index contributed by atoms with van der Waals surface area (Å²) in [6.07, 6.45) is 0. The van der Waals surface area contributed by atoms with E-state index in [9.17, 15) is 4.39 Å². The van der Waals surface area contributed by atoms with Crippen LogP contribution in [-0.2, 0) is 0 Å². The number of halogens is 2. The number of rotatable bonds is 1. The summed E-state index contributed by atoms with van der Waals surface area (Å²) < 4.78 is 14.9. The molecule has 2 N–H and O–H groups in total. The van der Waals surface area contributed by atoms with Gasteiger partial charge in [-0.1, -0.05) is 17.7 Å². The van der Waals surface area contributed by atoms with E-state index in [0.717, 1.165) is 11.0 Å². The Hall–Kier alpha value is -2.07. The second-order valence-electron chi connectivity index (χ2n) is 3.92. The minimum absolute atomic E-state index is 0.304. The van der Waals surface area contributed by atoms with Crippen molar-refractivity contribution in [3.8, 4) is 5.69 Å². The van der Waals surface area contributed by atoms with Crippen molar-refractivity contribution in [1.82, 2.24) is 9.55 Å². The molecule has 0 saturated heterocycles. The second kappa shape index (κ2) is 3.99. The van der Waals surface area contributed by atoms with Gasteiger partial charge in [0.2, 0.25) is 5.95 Å². The molecular formula is C13H9ClFN3. The minimum Gasteiger partial charge on any atom is -0.369 e. The molecule has 2 aromatic carbocycles. The molecule has 5 heteroatoms. The maximum atomic E-state index is 13.3. The number of anilines is 1. The molecule has 0 aliphatic heterocycles. The van der Waals surface area contributed by atoms with Gasteiger partial charge in [0.1, 0.15) is 5.82 Å². The van der Waals surface area contributed by atoms with Gasteiger partial charge in [-0.2, -0.15) is 0 Å². The van der Waals surface area contributed by atoms with Gasteiger partial charge in [-0.3, -0.25) is 4.57 Å². The Morgan fingerprint density at radius 1 is 1.17 bits per heavy atom. The van der Waals surface area contributed by atoms with Gasteiger partial charge in [-0.05, 0) is 36.4 Å². The fourth-order valence-electron chi connectivity index (χ4n) is 1.95. The van der Waals surface area contributed by atoms with Crippen LogP contribution in [0.3, 0.4) is 0 Å². The lowest BCUT2D eigenvalue weighted by Gasteiger charge is -2.06. The summed E-state index contributed by atoms with van der Waals surface area (Å²) in [6, 6.07) is 11.5. The highest BCUT2D eigenvalue weighted by Crippen LogP contribution is 2.25. The average molecular weight is 262 g/mol. The van der Waals surface area contributed by atoms with Crippen molar-refractivity contribution in [2.24, 2.45) is 0 Å². The molecule has 1 aromatic heterocycles. The Morgan fingerprint density at radius 2 is 2.00 bits per heavy atom. The van der Waals surface area contributed by atoms with Gasteiger partial charge in [0, 0.05) is 5.02 Å². The number of nitrogens with two attached hydrogens (primary N) is 1. The summed E-state index contributed by atoms with van der Waals surface area (Å²) in [4.78, 5) is 4.22. The van der Waals surface area contributed by atoms with Gasteiger partial charge in [-0.15, -0.1) is 0 Å². The highest BCUT2D eigenvalue weighted by atomic mass is 35.5. The fraction of sp³-hybridized carbons (Fsp3) is 0. The highest BCUT2D eigenvalue weighted by Gasteiger charge is 2.10. The maximum Gasteiger partial charge on any atom is 0.205 e. The molecule has 3 nitrogen and oxygen atoms in total. The summed E-state index contributed by atoms with van der Waals surface area (Å²) in [5.41, 5.74) is 7.97. The van der Waals surface area contributed by atoms with Crippen molar-refractivity contribution in [1.29, 1.82) is 0 Å². The molecule has 0 radical (unpaired) electrons. The number of fused-ring (bicyclic) bond motifs is 1. The van der Waals surface area contributed by atoms with Crippen molar-refractivity contribution >= 4 is 28.6 Å². The van der Waals surface area contributed by atoms with Crippen molar-refractivity contribution in [2.75, 3.05) is 5.73 Å². The van der Waals surface area contributed by atoms with Gasteiger partial charge in [0.15, 0.2) is 0 Å². The van der Waals surface area contributed by atoms with Crippen LogP contribution in [0.5, 0.6) is 0 Å². The minimum atomic E-state index is -0.323. The van der Waals surface area contributed by atoms with Crippen molar-refractivity contribution in [3.05, 3.63) is 53.3 Å². The predicted octanol–water partition coefficient (Wildman–Crippen LogP) is 3.40. The Kier molecular flexibility index (Phi) is 2.45. The highest BCUT2D eigenvalue weighted by molar-refractivity contribution is 6.31. The van der Waals surface area contributed by atoms with E-state index in [-0.39, 0.29) is 5.82 Å². The quantitative estimate of drug-likeness (QED) is 0.730. The number of imidazole rings is 1. The summed E-state index contributed by atoms with van der Waals surface area (Å²) in [5, 5.41) is 0.583. The Balaban J connectivity index is 2.34. The van der Waals surface area contributed by atoms with Crippen LogP contribution in [0.25, 0.3) is 16.7 Å². The molecule has 3 aromatic rings. The lowest BCUT2D eigenvalue weighted by Crippen LogP contribution is -2.00. The summed E-state index contributed by atoms with van der Waals surface area (Å²) in [7, 11) is 0. The number of nitrogen functional groups attached to an aromatic ring is 1. The Morgan fingerprint density at radius 3 is 2.78 bits per heavy atom. The van der Waals surface area contributed by atoms with Gasteiger partial charge < -0.3 is 5.73 Å². The van der Waals surface area contributed by atoms with E-state index in [2.05, 4.69) is 4.98 Å². The molecule has 0 fully saturated rings. The van der Waals surface area contributed by atoms with Crippen LogP contribution >= 0.6 is 11.6 Å². The third-order valence-electron chi connectivity index (χ3n) is 2.71. The van der Waals surface area contributed by atoms with Crippen molar-refractivity contribution in [3.63, 3.8) is 0 Å². The van der Waals surface area contributed by atoms with E-state index < -0.39 is 0 Å². The van der Waals surface area contributed by atoms with Crippen LogP contribution in [0.2, 0.25) is 5.02 Å². The lowest BCUT2D eigenvalue weighted by atomic mass is 10.2. The smallest absolute Gasteiger partial charge is 0.205 e. The third kappa shape index (κ3) is 1.71. The molecule has 0 saturated carbocycles. The molecule has 0 atom stereocenters. The number of benzene rings is 2. The number of aromatic nitrogens is 2. The van der Waals surface area contributed by atoms with Crippen LogP contribution in [0, 0.1) is 5.82 Å². The van der Waals surface area contributed by atoms with Crippen LogP contribution in [0.15, 0.2) is 42.5 Å². The largest absolute Gasteiger partial charge is 0.369 e. The molecule has 0 aliphatic carbocycles. The molecule has 1 heterocycles. The molecule has 90 valence electrons. The Labute approximate surface area is 108 Å². The third-order valence-corrected chi connectivity index (χ3v) is 2.94. The standard InChI is InChI=1S/C13H9ClFN3/c14-8-4-5-11-12(6-8)18(13(16)17-11)10-3-1-2-9(15)7-10/h1-7H,(H2,16,17). The first-order valence-corrected chi connectivity index (χ1v) is 5.72. The first kappa shape index (κ1) is 11.0. The van der Waals surface area contributed by atoms with Crippen LogP contribution in [0.1, 0.15) is 0 Å².